The molecule has 0 aliphatic carbocycles. The number of amides is 1. The van der Waals surface area contributed by atoms with Gasteiger partial charge >= 0.3 is 5.97 Å². The van der Waals surface area contributed by atoms with Gasteiger partial charge in [0.25, 0.3) is 0 Å². The standard InChI is InChI=1S/C20H25N3O4/c1-27-17-6-2-4-15(12-17)7-8-19(24)22-10-3-5-16(13-22)18-9-11-23(21-18)14-20(25)26/h2,4,6,9,11-12,16H,3,5,7-8,10,13-14H2,1H3,(H,25,26)/t16-/m0/s1. The van der Waals surface area contributed by atoms with Crippen LogP contribution in [0.3, 0.4) is 0 Å². The topological polar surface area (TPSA) is 84.7 Å². The minimum absolute atomic E-state index is 0.143. The molecule has 1 fully saturated rings. The molecule has 0 radical (unpaired) electrons. The van der Waals surface area contributed by atoms with Crippen LogP contribution in [-0.4, -0.2) is 51.9 Å². The van der Waals surface area contributed by atoms with Crippen LogP contribution in [0, 0.1) is 0 Å². The fraction of sp³-hybridized carbons (Fsp3) is 0.450. The molecule has 1 aromatic carbocycles. The molecule has 1 aromatic heterocycles. The second-order valence-electron chi connectivity index (χ2n) is 6.86. The number of aryl methyl sites for hydroxylation is 1. The van der Waals surface area contributed by atoms with E-state index in [1.807, 2.05) is 35.2 Å². The summed E-state index contributed by atoms with van der Waals surface area (Å²) in [4.78, 5) is 25.4. The number of hydrogen-bond donors (Lipinski definition) is 1. The number of carbonyl (C=O) groups excluding carboxylic acids is 1. The van der Waals surface area contributed by atoms with Gasteiger partial charge in [0.2, 0.25) is 5.91 Å². The van der Waals surface area contributed by atoms with Gasteiger partial charge < -0.3 is 14.7 Å². The first-order chi connectivity index (χ1) is 13.0. The Bertz CT molecular complexity index is 802. The average Bonchev–Trinajstić information content (AvgIpc) is 3.14. The Balaban J connectivity index is 1.56. The van der Waals surface area contributed by atoms with Crippen LogP contribution in [0.5, 0.6) is 5.75 Å². The lowest BCUT2D eigenvalue weighted by molar-refractivity contribution is -0.138. The van der Waals surface area contributed by atoms with Gasteiger partial charge in [-0.3, -0.25) is 14.3 Å². The third-order valence-corrected chi connectivity index (χ3v) is 4.91. The number of piperidine rings is 1. The maximum Gasteiger partial charge on any atom is 0.325 e. The summed E-state index contributed by atoms with van der Waals surface area (Å²) in [7, 11) is 1.63. The zero-order valence-corrected chi connectivity index (χ0v) is 15.5. The van der Waals surface area contributed by atoms with E-state index in [9.17, 15) is 9.59 Å². The Morgan fingerprint density at radius 1 is 1.33 bits per heavy atom. The normalized spacial score (nSPS) is 16.9. The molecule has 144 valence electrons. The predicted molar refractivity (Wildman–Crippen MR) is 99.7 cm³/mol. The van der Waals surface area contributed by atoms with Crippen LogP contribution >= 0.6 is 0 Å². The number of aliphatic carboxylic acids is 1. The van der Waals surface area contributed by atoms with E-state index in [-0.39, 0.29) is 18.4 Å². The highest BCUT2D eigenvalue weighted by Crippen LogP contribution is 2.26. The largest absolute Gasteiger partial charge is 0.497 e. The SMILES string of the molecule is COc1cccc(CCC(=O)N2CCC[C@H](c3ccn(CC(=O)O)n3)C2)c1. The first-order valence-electron chi connectivity index (χ1n) is 9.21. The molecule has 2 aromatic rings. The Morgan fingerprint density at radius 3 is 2.96 bits per heavy atom. The van der Waals surface area contributed by atoms with Gasteiger partial charge in [-0.25, -0.2) is 0 Å². The molecular weight excluding hydrogens is 346 g/mol. The summed E-state index contributed by atoms with van der Waals surface area (Å²) in [5.74, 6) is 0.194. The zero-order chi connectivity index (χ0) is 19.2. The number of carbonyl (C=O) groups is 2. The lowest BCUT2D eigenvalue weighted by atomic mass is 9.94. The highest BCUT2D eigenvalue weighted by Gasteiger charge is 2.26. The van der Waals surface area contributed by atoms with Gasteiger partial charge in [-0.05, 0) is 43.0 Å². The third kappa shape index (κ3) is 5.09. The molecule has 0 spiro atoms. The van der Waals surface area contributed by atoms with E-state index in [2.05, 4.69) is 5.10 Å². The van der Waals surface area contributed by atoms with Gasteiger partial charge in [0.1, 0.15) is 12.3 Å². The molecule has 27 heavy (non-hydrogen) atoms. The van der Waals surface area contributed by atoms with Crippen LogP contribution in [0.4, 0.5) is 0 Å². The molecule has 1 N–H and O–H groups in total. The summed E-state index contributed by atoms with van der Waals surface area (Å²) in [6, 6.07) is 9.65. The molecule has 7 nitrogen and oxygen atoms in total. The summed E-state index contributed by atoms with van der Waals surface area (Å²) in [6.07, 6.45) is 4.73. The zero-order valence-electron chi connectivity index (χ0n) is 15.5. The lowest BCUT2D eigenvalue weighted by Gasteiger charge is -2.32. The van der Waals surface area contributed by atoms with Crippen molar-refractivity contribution >= 4 is 11.9 Å². The van der Waals surface area contributed by atoms with Crippen molar-refractivity contribution in [2.75, 3.05) is 20.2 Å². The number of ether oxygens (including phenoxy) is 1. The summed E-state index contributed by atoms with van der Waals surface area (Å²) >= 11 is 0. The van der Waals surface area contributed by atoms with Crippen molar-refractivity contribution < 1.29 is 19.4 Å². The molecule has 1 aliphatic rings. The molecule has 2 heterocycles. The van der Waals surface area contributed by atoms with Crippen molar-refractivity contribution in [3.05, 3.63) is 47.8 Å². The number of likely N-dealkylation sites (tertiary alicyclic amines) is 1. The van der Waals surface area contributed by atoms with Crippen LogP contribution in [-0.2, 0) is 22.6 Å². The van der Waals surface area contributed by atoms with Gasteiger partial charge in [-0.1, -0.05) is 12.1 Å². The fourth-order valence-corrected chi connectivity index (χ4v) is 3.50. The molecule has 3 rings (SSSR count). The number of carboxylic acid groups (broad SMARTS) is 1. The van der Waals surface area contributed by atoms with Crippen molar-refractivity contribution in [1.82, 2.24) is 14.7 Å². The van der Waals surface area contributed by atoms with Crippen LogP contribution in [0.1, 0.15) is 36.4 Å². The number of aromatic nitrogens is 2. The third-order valence-electron chi connectivity index (χ3n) is 4.91. The van der Waals surface area contributed by atoms with Crippen molar-refractivity contribution in [2.24, 2.45) is 0 Å². The molecule has 0 unspecified atom stereocenters. The van der Waals surface area contributed by atoms with Gasteiger partial charge in [0.05, 0.1) is 12.8 Å². The molecule has 0 saturated carbocycles. The van der Waals surface area contributed by atoms with Gasteiger partial charge in [0, 0.05) is 31.6 Å². The minimum Gasteiger partial charge on any atom is -0.497 e. The Labute approximate surface area is 158 Å². The van der Waals surface area contributed by atoms with Crippen LogP contribution < -0.4 is 4.74 Å². The Kier molecular flexibility index (Phi) is 6.11. The van der Waals surface area contributed by atoms with Gasteiger partial charge in [-0.2, -0.15) is 5.10 Å². The van der Waals surface area contributed by atoms with Crippen molar-refractivity contribution in [3.8, 4) is 5.75 Å². The number of hydrogen-bond acceptors (Lipinski definition) is 4. The molecule has 7 heteroatoms. The first kappa shape index (κ1) is 18.9. The van der Waals surface area contributed by atoms with Crippen molar-refractivity contribution in [3.63, 3.8) is 0 Å². The number of nitrogens with zero attached hydrogens (tertiary/aromatic N) is 3. The fourth-order valence-electron chi connectivity index (χ4n) is 3.50. The van der Waals surface area contributed by atoms with Crippen LogP contribution in [0.2, 0.25) is 0 Å². The average molecular weight is 371 g/mol. The molecule has 1 atom stereocenters. The molecule has 1 aliphatic heterocycles. The summed E-state index contributed by atoms with van der Waals surface area (Å²) in [5, 5.41) is 13.2. The highest BCUT2D eigenvalue weighted by molar-refractivity contribution is 5.76. The molecule has 0 bridgehead atoms. The minimum atomic E-state index is -0.914. The first-order valence-corrected chi connectivity index (χ1v) is 9.21. The Morgan fingerprint density at radius 2 is 2.19 bits per heavy atom. The second-order valence-corrected chi connectivity index (χ2v) is 6.86. The predicted octanol–water partition coefficient (Wildman–Crippen LogP) is 2.32. The number of carboxylic acids is 1. The van der Waals surface area contributed by atoms with Crippen LogP contribution in [0.15, 0.2) is 36.5 Å². The highest BCUT2D eigenvalue weighted by atomic mass is 16.5. The van der Waals surface area contributed by atoms with E-state index < -0.39 is 5.97 Å². The molecular formula is C20H25N3O4. The quantitative estimate of drug-likeness (QED) is 0.807. The maximum atomic E-state index is 12.6. The number of rotatable bonds is 7. The smallest absolute Gasteiger partial charge is 0.325 e. The van der Waals surface area contributed by atoms with E-state index in [1.165, 1.54) is 4.68 Å². The molecule has 1 amide bonds. The molecule has 1 saturated heterocycles. The summed E-state index contributed by atoms with van der Waals surface area (Å²) in [5.41, 5.74) is 1.95. The monoisotopic (exact) mass is 371 g/mol. The Hall–Kier alpha value is -2.83. The summed E-state index contributed by atoms with van der Waals surface area (Å²) in [6.45, 7) is 1.26. The summed E-state index contributed by atoms with van der Waals surface area (Å²) < 4.78 is 6.66. The van der Waals surface area contributed by atoms with Crippen molar-refractivity contribution in [1.29, 1.82) is 0 Å². The number of benzene rings is 1. The van der Waals surface area contributed by atoms with Crippen molar-refractivity contribution in [2.45, 2.75) is 38.1 Å². The van der Waals surface area contributed by atoms with E-state index >= 15 is 0 Å². The van der Waals surface area contributed by atoms with E-state index in [4.69, 9.17) is 9.84 Å². The lowest BCUT2D eigenvalue weighted by Crippen LogP contribution is -2.39. The number of methoxy groups -OCH3 is 1. The van der Waals surface area contributed by atoms with E-state index in [0.717, 1.165) is 36.4 Å². The maximum absolute atomic E-state index is 12.6. The van der Waals surface area contributed by atoms with E-state index in [1.54, 1.807) is 13.3 Å². The second kappa shape index (κ2) is 8.70. The van der Waals surface area contributed by atoms with E-state index in [0.29, 0.717) is 19.4 Å². The van der Waals surface area contributed by atoms with Crippen LogP contribution in [0.25, 0.3) is 0 Å². The van der Waals surface area contributed by atoms with Gasteiger partial charge in [-0.15, -0.1) is 0 Å². The van der Waals surface area contributed by atoms with Gasteiger partial charge in [0.15, 0.2) is 0 Å².